The molecule has 0 saturated carbocycles. The Balaban J connectivity index is 1.84. The Bertz CT molecular complexity index is 646. The van der Waals surface area contributed by atoms with Crippen molar-refractivity contribution in [2.24, 2.45) is 5.92 Å². The smallest absolute Gasteiger partial charge is 0.410 e. The van der Waals surface area contributed by atoms with Crippen molar-refractivity contribution < 1.29 is 23.8 Å². The number of rotatable bonds is 7. The Morgan fingerprint density at radius 1 is 1.39 bits per heavy atom. The maximum atomic E-state index is 13.6. The minimum absolute atomic E-state index is 0.0920. The van der Waals surface area contributed by atoms with Crippen LogP contribution in [0.2, 0.25) is 0 Å². The van der Waals surface area contributed by atoms with Gasteiger partial charge in [-0.25, -0.2) is 9.18 Å². The average molecular weight is 417 g/mol. The number of ether oxygens (including phenoxy) is 2. The molecular formula is C20H30ClFN2O4. The summed E-state index contributed by atoms with van der Waals surface area (Å²) < 4.78 is 24.9. The van der Waals surface area contributed by atoms with Gasteiger partial charge in [0, 0.05) is 25.7 Å². The van der Waals surface area contributed by atoms with Crippen molar-refractivity contribution in [2.45, 2.75) is 45.3 Å². The second kappa shape index (κ2) is 10.2. The van der Waals surface area contributed by atoms with E-state index in [4.69, 9.17) is 21.1 Å². The number of nitrogens with zero attached hydrogens (tertiary/aromatic N) is 1. The van der Waals surface area contributed by atoms with Gasteiger partial charge in [-0.1, -0.05) is 0 Å². The fraction of sp³-hybridized carbons (Fsp3) is 0.650. The van der Waals surface area contributed by atoms with Crippen LogP contribution in [-0.2, 0) is 4.74 Å². The molecule has 2 N–H and O–H groups in total. The summed E-state index contributed by atoms with van der Waals surface area (Å²) in [4.78, 5) is 13.8. The van der Waals surface area contributed by atoms with Crippen LogP contribution in [-0.4, -0.2) is 59.9 Å². The van der Waals surface area contributed by atoms with Gasteiger partial charge in [0.15, 0.2) is 0 Å². The summed E-state index contributed by atoms with van der Waals surface area (Å²) in [7, 11) is 0. The first-order chi connectivity index (χ1) is 13.2. The topological polar surface area (TPSA) is 71.0 Å². The molecule has 158 valence electrons. The van der Waals surface area contributed by atoms with Gasteiger partial charge >= 0.3 is 6.09 Å². The van der Waals surface area contributed by atoms with Gasteiger partial charge in [-0.2, -0.15) is 0 Å². The number of amides is 1. The SMILES string of the molecule is CC(C)(C)OC(=O)N1CCC(COc2ccc(F)cc2NCC(O)CCl)CC1. The third kappa shape index (κ3) is 7.36. The van der Waals surface area contributed by atoms with Crippen molar-refractivity contribution in [3.05, 3.63) is 24.0 Å². The standard InChI is InChI=1S/C20H30ClFN2O4/c1-20(2,3)28-19(26)24-8-6-14(7-9-24)13-27-18-5-4-15(22)10-17(18)23-12-16(25)11-21/h4-5,10,14,16,23,25H,6-9,11-13H2,1-3H3. The molecule has 1 saturated heterocycles. The molecule has 0 aromatic heterocycles. The predicted octanol–water partition coefficient (Wildman–Crippen LogP) is 3.86. The lowest BCUT2D eigenvalue weighted by molar-refractivity contribution is 0.0165. The van der Waals surface area contributed by atoms with E-state index in [2.05, 4.69) is 5.32 Å². The molecule has 0 aliphatic carbocycles. The summed E-state index contributed by atoms with van der Waals surface area (Å²) in [6.45, 7) is 7.49. The second-order valence-corrected chi connectivity index (χ2v) is 8.36. The lowest BCUT2D eigenvalue weighted by atomic mass is 9.98. The van der Waals surface area contributed by atoms with Gasteiger partial charge in [0.2, 0.25) is 0 Å². The Labute approximate surface area is 170 Å². The number of aliphatic hydroxyl groups is 1. The number of hydrogen-bond donors (Lipinski definition) is 2. The largest absolute Gasteiger partial charge is 0.491 e. The van der Waals surface area contributed by atoms with E-state index < -0.39 is 11.7 Å². The van der Waals surface area contributed by atoms with Crippen LogP contribution in [0.15, 0.2) is 18.2 Å². The number of halogens is 2. The fourth-order valence-electron chi connectivity index (χ4n) is 2.86. The van der Waals surface area contributed by atoms with Gasteiger partial charge in [0.1, 0.15) is 17.2 Å². The van der Waals surface area contributed by atoms with E-state index in [0.717, 1.165) is 12.8 Å². The van der Waals surface area contributed by atoms with Crippen molar-refractivity contribution in [1.29, 1.82) is 0 Å². The monoisotopic (exact) mass is 416 g/mol. The molecule has 6 nitrogen and oxygen atoms in total. The third-order valence-corrected chi connectivity index (χ3v) is 4.74. The average Bonchev–Trinajstić information content (AvgIpc) is 2.64. The van der Waals surface area contributed by atoms with Gasteiger partial charge in [-0.3, -0.25) is 0 Å². The number of carbonyl (C=O) groups excluding carboxylic acids is 1. The molecule has 1 aliphatic heterocycles. The lowest BCUT2D eigenvalue weighted by Gasteiger charge is -2.33. The summed E-state index contributed by atoms with van der Waals surface area (Å²) in [5.41, 5.74) is -0.0181. The minimum atomic E-state index is -0.727. The van der Waals surface area contributed by atoms with E-state index in [0.29, 0.717) is 37.1 Å². The molecule has 2 rings (SSSR count). The minimum Gasteiger partial charge on any atom is -0.491 e. The quantitative estimate of drug-likeness (QED) is 0.660. The molecule has 1 heterocycles. The highest BCUT2D eigenvalue weighted by molar-refractivity contribution is 6.18. The van der Waals surface area contributed by atoms with Crippen LogP contribution in [0.5, 0.6) is 5.75 Å². The molecule has 1 aromatic carbocycles. The van der Waals surface area contributed by atoms with Crippen LogP contribution >= 0.6 is 11.6 Å². The Morgan fingerprint density at radius 3 is 2.68 bits per heavy atom. The number of carbonyl (C=O) groups is 1. The zero-order valence-electron chi connectivity index (χ0n) is 16.7. The number of benzene rings is 1. The number of alkyl halides is 1. The predicted molar refractivity (Wildman–Crippen MR) is 108 cm³/mol. The molecule has 0 bridgehead atoms. The van der Waals surface area contributed by atoms with Crippen molar-refractivity contribution in [3.8, 4) is 5.75 Å². The van der Waals surface area contributed by atoms with E-state index in [9.17, 15) is 14.3 Å². The first-order valence-electron chi connectivity index (χ1n) is 9.56. The van der Waals surface area contributed by atoms with Crippen molar-refractivity contribution in [3.63, 3.8) is 0 Å². The number of hydrogen-bond acceptors (Lipinski definition) is 5. The normalized spacial score (nSPS) is 16.6. The summed E-state index contributed by atoms with van der Waals surface area (Å²) in [5.74, 6) is 0.526. The third-order valence-electron chi connectivity index (χ3n) is 4.39. The highest BCUT2D eigenvalue weighted by Crippen LogP contribution is 2.27. The van der Waals surface area contributed by atoms with Crippen LogP contribution in [0.1, 0.15) is 33.6 Å². The van der Waals surface area contributed by atoms with Gasteiger partial charge in [-0.15, -0.1) is 11.6 Å². The first kappa shape index (κ1) is 22.6. The number of piperidine rings is 1. The van der Waals surface area contributed by atoms with Crippen molar-refractivity contribution >= 4 is 23.4 Å². The zero-order chi connectivity index (χ0) is 20.7. The van der Waals surface area contributed by atoms with Gasteiger partial charge in [0.05, 0.1) is 24.3 Å². The highest BCUT2D eigenvalue weighted by atomic mass is 35.5. The molecule has 1 aliphatic rings. The van der Waals surface area contributed by atoms with E-state index in [1.165, 1.54) is 12.1 Å². The van der Waals surface area contributed by atoms with Crippen LogP contribution < -0.4 is 10.1 Å². The molecule has 28 heavy (non-hydrogen) atoms. The van der Waals surface area contributed by atoms with Crippen LogP contribution in [0.25, 0.3) is 0 Å². The number of aliphatic hydroxyl groups excluding tert-OH is 1. The molecule has 1 atom stereocenters. The van der Waals surface area contributed by atoms with E-state index in [-0.39, 0.29) is 24.3 Å². The van der Waals surface area contributed by atoms with E-state index >= 15 is 0 Å². The summed E-state index contributed by atoms with van der Waals surface area (Å²) in [6, 6.07) is 4.24. The van der Waals surface area contributed by atoms with Gasteiger partial charge in [0.25, 0.3) is 0 Å². The zero-order valence-corrected chi connectivity index (χ0v) is 17.5. The lowest BCUT2D eigenvalue weighted by Crippen LogP contribution is -2.42. The van der Waals surface area contributed by atoms with Crippen LogP contribution in [0.3, 0.4) is 0 Å². The molecule has 1 aromatic rings. The van der Waals surface area contributed by atoms with Crippen molar-refractivity contribution in [2.75, 3.05) is 37.4 Å². The molecular weight excluding hydrogens is 387 g/mol. The van der Waals surface area contributed by atoms with Gasteiger partial charge in [-0.05, 0) is 51.7 Å². The molecule has 8 heteroatoms. The summed E-state index contributed by atoms with van der Waals surface area (Å²) in [6.07, 6.45) is 0.618. The van der Waals surface area contributed by atoms with Crippen LogP contribution in [0, 0.1) is 11.7 Å². The second-order valence-electron chi connectivity index (χ2n) is 8.05. The van der Waals surface area contributed by atoms with E-state index in [1.807, 2.05) is 20.8 Å². The molecule has 1 amide bonds. The van der Waals surface area contributed by atoms with Crippen molar-refractivity contribution in [1.82, 2.24) is 4.90 Å². The van der Waals surface area contributed by atoms with E-state index in [1.54, 1.807) is 11.0 Å². The van der Waals surface area contributed by atoms with Crippen LogP contribution in [0.4, 0.5) is 14.9 Å². The number of nitrogens with one attached hydrogen (secondary N) is 1. The fourth-order valence-corrected chi connectivity index (χ4v) is 2.97. The molecule has 0 spiro atoms. The summed E-state index contributed by atoms with van der Waals surface area (Å²) in [5, 5.41) is 12.5. The number of likely N-dealkylation sites (tertiary alicyclic amines) is 1. The highest BCUT2D eigenvalue weighted by Gasteiger charge is 2.27. The molecule has 1 fully saturated rings. The Kier molecular flexibility index (Phi) is 8.19. The Morgan fingerprint density at radius 2 is 2.07 bits per heavy atom. The number of anilines is 1. The maximum Gasteiger partial charge on any atom is 0.410 e. The summed E-state index contributed by atoms with van der Waals surface area (Å²) >= 11 is 5.59. The Hall–Kier alpha value is -1.73. The maximum absolute atomic E-state index is 13.6. The molecule has 0 radical (unpaired) electrons. The molecule has 1 unspecified atom stereocenters. The first-order valence-corrected chi connectivity index (χ1v) is 10.1. The van der Waals surface area contributed by atoms with Gasteiger partial charge < -0.3 is 24.8 Å².